The maximum Gasteiger partial charge on any atom is 0.416 e. The fourth-order valence-corrected chi connectivity index (χ4v) is 5.03. The number of halogens is 7. The number of carbonyl (C=O) groups excluding carboxylic acids is 2. The number of carbonyl (C=O) groups is 2. The molecule has 1 saturated heterocycles. The highest BCUT2D eigenvalue weighted by molar-refractivity contribution is 5.88. The lowest BCUT2D eigenvalue weighted by atomic mass is 9.77. The van der Waals surface area contributed by atoms with Crippen molar-refractivity contribution in [3.05, 3.63) is 101 Å². The minimum atomic E-state index is -4.99. The van der Waals surface area contributed by atoms with Gasteiger partial charge < -0.3 is 15.0 Å². The summed E-state index contributed by atoms with van der Waals surface area (Å²) in [6.07, 6.45) is -6.25. The first kappa shape index (κ1) is 29.9. The Bertz CT molecular complexity index is 1450. The van der Waals surface area contributed by atoms with Crippen LogP contribution in [0.4, 0.5) is 35.5 Å². The first-order valence-electron chi connectivity index (χ1n) is 12.4. The zero-order valence-electron chi connectivity index (χ0n) is 21.9. The van der Waals surface area contributed by atoms with Gasteiger partial charge in [0.05, 0.1) is 30.8 Å². The highest BCUT2D eigenvalue weighted by atomic mass is 19.4. The van der Waals surface area contributed by atoms with Gasteiger partial charge in [0, 0.05) is 12.8 Å². The zero-order valence-corrected chi connectivity index (χ0v) is 21.9. The molecule has 5 nitrogen and oxygen atoms in total. The highest BCUT2D eigenvalue weighted by Gasteiger charge is 2.50. The number of nitrogens with one attached hydrogen (secondary N) is 1. The van der Waals surface area contributed by atoms with Crippen molar-refractivity contribution < 1.29 is 45.1 Å². The number of amides is 2. The number of alkyl halides is 5. The van der Waals surface area contributed by atoms with Crippen molar-refractivity contribution in [2.45, 2.75) is 43.4 Å². The van der Waals surface area contributed by atoms with Crippen LogP contribution in [0.15, 0.2) is 66.7 Å². The zero-order chi connectivity index (χ0) is 30.2. The summed E-state index contributed by atoms with van der Waals surface area (Å²) in [6, 6.07) is 10.3. The summed E-state index contributed by atoms with van der Waals surface area (Å²) in [6.45, 7) is -0.0925. The van der Waals surface area contributed by atoms with Gasteiger partial charge in [0.2, 0.25) is 0 Å². The number of methoxy groups -OCH3 is 1. The Kier molecular flexibility index (Phi) is 8.06. The van der Waals surface area contributed by atoms with E-state index < -0.39 is 71.2 Å². The maximum absolute atomic E-state index is 14.8. The summed E-state index contributed by atoms with van der Waals surface area (Å²) < 4.78 is 105. The van der Waals surface area contributed by atoms with Crippen LogP contribution in [0.5, 0.6) is 5.75 Å². The molecule has 1 aliphatic heterocycles. The molecule has 218 valence electrons. The molecule has 0 spiro atoms. The summed E-state index contributed by atoms with van der Waals surface area (Å²) in [5.74, 6) is -6.58. The third-order valence-corrected chi connectivity index (χ3v) is 6.99. The van der Waals surface area contributed by atoms with Gasteiger partial charge in [-0.15, -0.1) is 0 Å². The summed E-state index contributed by atoms with van der Waals surface area (Å²) >= 11 is 0. The second kappa shape index (κ2) is 11.1. The molecular weight excluding hydrogens is 557 g/mol. The molecule has 1 aliphatic rings. The van der Waals surface area contributed by atoms with Crippen LogP contribution >= 0.6 is 0 Å². The molecule has 3 aromatic carbocycles. The van der Waals surface area contributed by atoms with E-state index in [4.69, 9.17) is 4.74 Å². The number of benzene rings is 3. The summed E-state index contributed by atoms with van der Waals surface area (Å²) in [4.78, 5) is 26.5. The Morgan fingerprint density at radius 2 is 1.63 bits per heavy atom. The predicted molar refractivity (Wildman–Crippen MR) is 135 cm³/mol. The SMILES string of the molecule is COc1cc([C@@](Cc2ccccc2)(NC(=O)N2CC(F)(F)C[C@H]2C(C)=O)c2cc(F)cc(C(F)(F)F)c2)ccc1F. The molecule has 0 radical (unpaired) electrons. The van der Waals surface area contributed by atoms with Gasteiger partial charge in [-0.1, -0.05) is 36.4 Å². The standard InChI is InChI=1S/C29H25F7N2O3/c1-17(39)24-15-27(32,33)16-38(24)26(40)37-28(14-18-6-4-3-5-7-18,19-8-9-23(31)25(13-19)41-2)20-10-21(29(34,35)36)12-22(30)11-20/h3-13,24H,14-16H2,1-2H3,(H,37,40)/t24-,28+/m0/s1. The van der Waals surface area contributed by atoms with Gasteiger partial charge >= 0.3 is 12.2 Å². The van der Waals surface area contributed by atoms with E-state index in [-0.39, 0.29) is 23.8 Å². The molecule has 0 bridgehead atoms. The number of ether oxygens (including phenoxy) is 1. The number of nitrogens with zero attached hydrogens (tertiary/aromatic N) is 1. The van der Waals surface area contributed by atoms with Crippen molar-refractivity contribution in [3.8, 4) is 5.75 Å². The van der Waals surface area contributed by atoms with Gasteiger partial charge in [0.1, 0.15) is 5.82 Å². The number of likely N-dealkylation sites (tertiary alicyclic amines) is 1. The van der Waals surface area contributed by atoms with Gasteiger partial charge in [-0.3, -0.25) is 4.79 Å². The number of ketones is 1. The third-order valence-electron chi connectivity index (χ3n) is 6.99. The number of hydrogen-bond donors (Lipinski definition) is 1. The van der Waals surface area contributed by atoms with E-state index >= 15 is 0 Å². The molecule has 1 fully saturated rings. The molecule has 1 N–H and O–H groups in total. The maximum atomic E-state index is 14.8. The molecule has 0 aliphatic carbocycles. The number of rotatable bonds is 7. The van der Waals surface area contributed by atoms with Crippen LogP contribution in [0, 0.1) is 11.6 Å². The monoisotopic (exact) mass is 582 g/mol. The van der Waals surface area contributed by atoms with Gasteiger partial charge in [-0.25, -0.2) is 22.4 Å². The second-order valence-corrected chi connectivity index (χ2v) is 9.89. The minimum Gasteiger partial charge on any atom is -0.494 e. The summed E-state index contributed by atoms with van der Waals surface area (Å²) in [5.41, 5.74) is -3.44. The van der Waals surface area contributed by atoms with Gasteiger partial charge in [-0.2, -0.15) is 13.2 Å². The Hall–Kier alpha value is -4.09. The van der Waals surface area contributed by atoms with Crippen LogP contribution in [0.3, 0.4) is 0 Å². The van der Waals surface area contributed by atoms with Crippen LogP contribution in [0.1, 0.15) is 35.6 Å². The normalized spacial score (nSPS) is 18.1. The Morgan fingerprint density at radius 3 is 2.24 bits per heavy atom. The van der Waals surface area contributed by atoms with Crippen molar-refractivity contribution >= 4 is 11.8 Å². The van der Waals surface area contributed by atoms with E-state index in [9.17, 15) is 40.3 Å². The molecule has 0 saturated carbocycles. The quantitative estimate of drug-likeness (QED) is 0.324. The Labute approximate surface area is 230 Å². The lowest BCUT2D eigenvalue weighted by Gasteiger charge is -2.39. The molecule has 3 aromatic rings. The molecule has 2 atom stereocenters. The largest absolute Gasteiger partial charge is 0.494 e. The molecule has 12 heteroatoms. The smallest absolute Gasteiger partial charge is 0.416 e. The second-order valence-electron chi connectivity index (χ2n) is 9.89. The predicted octanol–water partition coefficient (Wildman–Crippen LogP) is 6.49. The third kappa shape index (κ3) is 6.31. The molecule has 0 unspecified atom stereocenters. The van der Waals surface area contributed by atoms with Gasteiger partial charge in [-0.05, 0) is 53.9 Å². The molecule has 41 heavy (non-hydrogen) atoms. The van der Waals surface area contributed by atoms with E-state index in [2.05, 4.69) is 5.32 Å². The molecule has 0 aromatic heterocycles. The van der Waals surface area contributed by atoms with E-state index in [1.165, 1.54) is 6.07 Å². The van der Waals surface area contributed by atoms with E-state index in [1.54, 1.807) is 30.3 Å². The van der Waals surface area contributed by atoms with Crippen LogP contribution < -0.4 is 10.1 Å². The van der Waals surface area contributed by atoms with E-state index in [0.717, 1.165) is 32.2 Å². The summed E-state index contributed by atoms with van der Waals surface area (Å²) in [5, 5.41) is 2.54. The first-order chi connectivity index (χ1) is 19.1. The summed E-state index contributed by atoms with van der Waals surface area (Å²) in [7, 11) is 1.15. The number of hydrogen-bond acceptors (Lipinski definition) is 3. The Morgan fingerprint density at radius 1 is 0.976 bits per heavy atom. The van der Waals surface area contributed by atoms with Crippen molar-refractivity contribution in [2.24, 2.45) is 0 Å². The van der Waals surface area contributed by atoms with Crippen LogP contribution in [0.2, 0.25) is 0 Å². The molecule has 2 amide bonds. The molecular formula is C29H25F7N2O3. The molecule has 4 rings (SSSR count). The van der Waals surface area contributed by atoms with Crippen LogP contribution in [-0.2, 0) is 22.9 Å². The van der Waals surface area contributed by atoms with Crippen molar-refractivity contribution in [1.29, 1.82) is 0 Å². The molecule has 1 heterocycles. The van der Waals surface area contributed by atoms with Gasteiger partial charge in [0.25, 0.3) is 5.92 Å². The highest BCUT2D eigenvalue weighted by Crippen LogP contribution is 2.41. The lowest BCUT2D eigenvalue weighted by molar-refractivity contribution is -0.137. The van der Waals surface area contributed by atoms with Crippen molar-refractivity contribution in [1.82, 2.24) is 10.2 Å². The van der Waals surface area contributed by atoms with Gasteiger partial charge in [0.15, 0.2) is 17.3 Å². The minimum absolute atomic E-state index is 0.0305. The average molecular weight is 583 g/mol. The topological polar surface area (TPSA) is 58.6 Å². The van der Waals surface area contributed by atoms with Crippen LogP contribution in [-0.4, -0.2) is 42.3 Å². The average Bonchev–Trinajstić information content (AvgIpc) is 3.24. The lowest BCUT2D eigenvalue weighted by Crippen LogP contribution is -2.55. The Balaban J connectivity index is 1.99. The first-order valence-corrected chi connectivity index (χ1v) is 12.4. The number of urea groups is 1. The van der Waals surface area contributed by atoms with Crippen molar-refractivity contribution in [2.75, 3.05) is 13.7 Å². The van der Waals surface area contributed by atoms with Crippen molar-refractivity contribution in [3.63, 3.8) is 0 Å². The fourth-order valence-electron chi connectivity index (χ4n) is 5.03. The van der Waals surface area contributed by atoms with Crippen LogP contribution in [0.25, 0.3) is 0 Å². The fraction of sp³-hybridized carbons (Fsp3) is 0.310. The number of Topliss-reactive ketones (excluding diaryl/α,β-unsaturated/α-hetero) is 1. The van der Waals surface area contributed by atoms with E-state index in [1.807, 2.05) is 0 Å². The van der Waals surface area contributed by atoms with E-state index in [0.29, 0.717) is 16.5 Å².